The van der Waals surface area contributed by atoms with Crippen molar-refractivity contribution in [3.63, 3.8) is 0 Å². The van der Waals surface area contributed by atoms with Gasteiger partial charge in [-0.15, -0.1) is 6.58 Å². The van der Waals surface area contributed by atoms with E-state index >= 15 is 0 Å². The Morgan fingerprint density at radius 1 is 1.46 bits per heavy atom. The second kappa shape index (κ2) is 6.75. The number of carbonyl (C=O) groups excluding carboxylic acids is 1. The summed E-state index contributed by atoms with van der Waals surface area (Å²) in [5, 5.41) is 4.96. The molecular formula is C17H17ClN4OS. The molecule has 5 nitrogen and oxygen atoms in total. The molecule has 0 aliphatic rings. The first kappa shape index (κ1) is 16.7. The van der Waals surface area contributed by atoms with Crippen LogP contribution in [0.3, 0.4) is 0 Å². The van der Waals surface area contributed by atoms with Gasteiger partial charge in [0.1, 0.15) is 5.69 Å². The fraction of sp³-hybridized carbons (Fsp3) is 0.235. The van der Waals surface area contributed by atoms with Crippen LogP contribution >= 0.6 is 22.9 Å². The maximum absolute atomic E-state index is 12.6. The standard InChI is InChI=1S/C17H17ClN4OS/c1-4-8-21-13-7-6-12(18)10-15(13)24-17(21)19-16(23)14-9-11(3)20-22(14)5-2/h4,6-7,9-10H,1,5,8H2,2-3H3. The molecule has 0 aliphatic heterocycles. The highest BCUT2D eigenvalue weighted by molar-refractivity contribution is 7.16. The lowest BCUT2D eigenvalue weighted by Gasteiger charge is -2.02. The maximum Gasteiger partial charge on any atom is 0.297 e. The van der Waals surface area contributed by atoms with Crippen LogP contribution in [0.2, 0.25) is 5.02 Å². The number of hydrogen-bond donors (Lipinski definition) is 0. The summed E-state index contributed by atoms with van der Waals surface area (Å²) in [5.41, 5.74) is 2.28. The van der Waals surface area contributed by atoms with Gasteiger partial charge >= 0.3 is 0 Å². The number of nitrogens with zero attached hydrogens (tertiary/aromatic N) is 4. The predicted molar refractivity (Wildman–Crippen MR) is 97.6 cm³/mol. The van der Waals surface area contributed by atoms with E-state index in [1.165, 1.54) is 11.3 Å². The van der Waals surface area contributed by atoms with E-state index in [4.69, 9.17) is 11.6 Å². The summed E-state index contributed by atoms with van der Waals surface area (Å²) in [5.74, 6) is -0.298. The number of carbonyl (C=O) groups is 1. The van der Waals surface area contributed by atoms with E-state index in [-0.39, 0.29) is 5.91 Å². The number of halogens is 1. The molecule has 0 saturated carbocycles. The fourth-order valence-corrected chi connectivity index (χ4v) is 3.85. The number of aromatic nitrogens is 3. The predicted octanol–water partition coefficient (Wildman–Crippen LogP) is 3.81. The van der Waals surface area contributed by atoms with E-state index < -0.39 is 0 Å². The van der Waals surface area contributed by atoms with Crippen molar-refractivity contribution in [2.45, 2.75) is 26.9 Å². The van der Waals surface area contributed by atoms with Crippen LogP contribution in [0.1, 0.15) is 23.1 Å². The molecule has 3 aromatic rings. The van der Waals surface area contributed by atoms with E-state index in [1.54, 1.807) is 16.8 Å². The fourth-order valence-electron chi connectivity index (χ4n) is 2.54. The SMILES string of the molecule is C=CCn1c(=NC(=O)c2cc(C)nn2CC)sc2cc(Cl)ccc21. The van der Waals surface area contributed by atoms with Crippen molar-refractivity contribution < 1.29 is 4.79 Å². The van der Waals surface area contributed by atoms with Crippen molar-refractivity contribution in [3.8, 4) is 0 Å². The number of amides is 1. The minimum Gasteiger partial charge on any atom is -0.312 e. The monoisotopic (exact) mass is 360 g/mol. The number of rotatable bonds is 4. The summed E-state index contributed by atoms with van der Waals surface area (Å²) in [4.78, 5) is 17.6. The van der Waals surface area contributed by atoms with E-state index in [1.807, 2.05) is 36.6 Å². The average molecular weight is 361 g/mol. The Hall–Kier alpha value is -2.18. The third-order valence-corrected chi connectivity index (χ3v) is 4.85. The van der Waals surface area contributed by atoms with Crippen LogP contribution in [0.15, 0.2) is 41.9 Å². The summed E-state index contributed by atoms with van der Waals surface area (Å²) in [7, 11) is 0. The molecule has 7 heteroatoms. The molecule has 0 unspecified atom stereocenters. The van der Waals surface area contributed by atoms with Gasteiger partial charge in [-0.05, 0) is 38.1 Å². The second-order valence-corrected chi connectivity index (χ2v) is 6.75. The Balaban J connectivity index is 2.16. The summed E-state index contributed by atoms with van der Waals surface area (Å²) >= 11 is 7.50. The highest BCUT2D eigenvalue weighted by Gasteiger charge is 2.14. The first-order valence-corrected chi connectivity index (χ1v) is 8.76. The van der Waals surface area contributed by atoms with Crippen molar-refractivity contribution >= 4 is 39.1 Å². The van der Waals surface area contributed by atoms with Crippen molar-refractivity contribution in [1.29, 1.82) is 0 Å². The Morgan fingerprint density at radius 3 is 2.96 bits per heavy atom. The quantitative estimate of drug-likeness (QED) is 0.664. The zero-order chi connectivity index (χ0) is 17.3. The zero-order valence-corrected chi connectivity index (χ0v) is 15.1. The van der Waals surface area contributed by atoms with Gasteiger partial charge in [0.15, 0.2) is 4.80 Å². The first-order valence-electron chi connectivity index (χ1n) is 7.56. The molecule has 0 spiro atoms. The number of thiazole rings is 1. The molecule has 1 amide bonds. The molecule has 2 aromatic heterocycles. The zero-order valence-electron chi connectivity index (χ0n) is 13.5. The van der Waals surface area contributed by atoms with Crippen molar-refractivity contribution in [3.05, 3.63) is 58.1 Å². The lowest BCUT2D eigenvalue weighted by molar-refractivity contribution is 0.0987. The van der Waals surface area contributed by atoms with Crippen molar-refractivity contribution in [2.24, 2.45) is 4.99 Å². The molecule has 0 saturated heterocycles. The highest BCUT2D eigenvalue weighted by Crippen LogP contribution is 2.22. The largest absolute Gasteiger partial charge is 0.312 e. The lowest BCUT2D eigenvalue weighted by atomic mass is 10.3. The smallest absolute Gasteiger partial charge is 0.297 e. The van der Waals surface area contributed by atoms with Crippen LogP contribution < -0.4 is 4.80 Å². The number of hydrogen-bond acceptors (Lipinski definition) is 3. The Labute approximate surface area is 148 Å². The first-order chi connectivity index (χ1) is 11.5. The molecular weight excluding hydrogens is 344 g/mol. The summed E-state index contributed by atoms with van der Waals surface area (Å²) in [6.45, 7) is 8.79. The molecule has 0 N–H and O–H groups in total. The number of aryl methyl sites for hydroxylation is 2. The highest BCUT2D eigenvalue weighted by atomic mass is 35.5. The van der Waals surface area contributed by atoms with Gasteiger partial charge in [-0.25, -0.2) is 0 Å². The van der Waals surface area contributed by atoms with Gasteiger partial charge in [-0.3, -0.25) is 9.48 Å². The molecule has 0 radical (unpaired) electrons. The van der Waals surface area contributed by atoms with Crippen molar-refractivity contribution in [2.75, 3.05) is 0 Å². The molecule has 3 rings (SSSR count). The molecule has 0 fully saturated rings. The molecule has 1 aromatic carbocycles. The Bertz CT molecular complexity index is 996. The van der Waals surface area contributed by atoms with Crippen LogP contribution in [0.25, 0.3) is 10.2 Å². The number of benzene rings is 1. The third-order valence-electron chi connectivity index (χ3n) is 3.57. The average Bonchev–Trinajstić information content (AvgIpc) is 3.08. The molecule has 0 atom stereocenters. The molecule has 2 heterocycles. The van der Waals surface area contributed by atoms with Gasteiger partial charge in [-0.1, -0.05) is 29.0 Å². The minimum atomic E-state index is -0.298. The number of fused-ring (bicyclic) bond motifs is 1. The van der Waals surface area contributed by atoms with E-state index in [9.17, 15) is 4.79 Å². The molecule has 0 bridgehead atoms. The Kier molecular flexibility index (Phi) is 4.69. The second-order valence-electron chi connectivity index (χ2n) is 5.30. The lowest BCUT2D eigenvalue weighted by Crippen LogP contribution is -2.17. The minimum absolute atomic E-state index is 0.298. The van der Waals surface area contributed by atoms with Gasteiger partial charge < -0.3 is 4.57 Å². The maximum atomic E-state index is 12.6. The summed E-state index contributed by atoms with van der Waals surface area (Å²) < 4.78 is 4.61. The molecule has 0 aliphatic carbocycles. The third kappa shape index (κ3) is 3.07. The van der Waals surface area contributed by atoms with Gasteiger partial charge in [-0.2, -0.15) is 10.1 Å². The van der Waals surface area contributed by atoms with Crippen LogP contribution in [0.5, 0.6) is 0 Å². The topological polar surface area (TPSA) is 52.2 Å². The van der Waals surface area contributed by atoms with Gasteiger partial charge in [0.05, 0.1) is 15.9 Å². The number of allylic oxidation sites excluding steroid dienone is 1. The van der Waals surface area contributed by atoms with Crippen LogP contribution in [-0.2, 0) is 13.1 Å². The van der Waals surface area contributed by atoms with Crippen LogP contribution in [0, 0.1) is 6.92 Å². The summed E-state index contributed by atoms with van der Waals surface area (Å²) in [6, 6.07) is 7.40. The van der Waals surface area contributed by atoms with Crippen LogP contribution in [0.4, 0.5) is 0 Å². The van der Waals surface area contributed by atoms with Gasteiger partial charge in [0.2, 0.25) is 0 Å². The molecule has 124 valence electrons. The van der Waals surface area contributed by atoms with E-state index in [0.29, 0.717) is 28.6 Å². The Morgan fingerprint density at radius 2 is 2.25 bits per heavy atom. The van der Waals surface area contributed by atoms with Crippen molar-refractivity contribution in [1.82, 2.24) is 14.3 Å². The van der Waals surface area contributed by atoms with Crippen LogP contribution in [-0.4, -0.2) is 20.3 Å². The summed E-state index contributed by atoms with van der Waals surface area (Å²) in [6.07, 6.45) is 1.78. The van der Waals surface area contributed by atoms with Gasteiger partial charge in [0, 0.05) is 18.1 Å². The van der Waals surface area contributed by atoms with Gasteiger partial charge in [0.25, 0.3) is 5.91 Å². The van der Waals surface area contributed by atoms with E-state index in [2.05, 4.69) is 16.7 Å². The van der Waals surface area contributed by atoms with E-state index in [0.717, 1.165) is 15.9 Å². The molecule has 24 heavy (non-hydrogen) atoms. The normalized spacial score (nSPS) is 12.0.